The molecular weight excluding hydrogens is 522 g/mol. The molecule has 12 nitrogen and oxygen atoms in total. The van der Waals surface area contributed by atoms with E-state index in [0.29, 0.717) is 0 Å². The van der Waals surface area contributed by atoms with Crippen LogP contribution in [0.15, 0.2) is 47.4 Å². The Hall–Kier alpha value is -2.83. The summed E-state index contributed by atoms with van der Waals surface area (Å²) in [7, 11) is -4.27. The molecule has 1 saturated heterocycles. The number of hydrogen-bond acceptors (Lipinski definition) is 10. The Morgan fingerprint density at radius 3 is 2.61 bits per heavy atom. The number of aliphatic hydroxyl groups is 1. The lowest BCUT2D eigenvalue weighted by Gasteiger charge is -2.34. The number of hydrogen-bond donors (Lipinski definition) is 3. The van der Waals surface area contributed by atoms with Gasteiger partial charge in [0.15, 0.2) is 0 Å². The molecule has 2 heterocycles. The first kappa shape index (κ1) is 28.2. The van der Waals surface area contributed by atoms with Crippen LogP contribution in [0.25, 0.3) is 0 Å². The Bertz CT molecular complexity index is 1280. The van der Waals surface area contributed by atoms with Gasteiger partial charge in [0.1, 0.15) is 23.7 Å². The summed E-state index contributed by atoms with van der Waals surface area (Å²) < 4.78 is 53.0. The fourth-order valence-corrected chi connectivity index (χ4v) is 6.41. The van der Waals surface area contributed by atoms with Crippen LogP contribution in [0.4, 0.5) is 10.2 Å². The van der Waals surface area contributed by atoms with Gasteiger partial charge in [-0.2, -0.15) is 10.1 Å². The van der Waals surface area contributed by atoms with Gasteiger partial charge in [-0.3, -0.25) is 13.9 Å². The zero-order valence-electron chi connectivity index (χ0n) is 21.4. The average Bonchev–Trinajstić information content (AvgIpc) is 3.38. The van der Waals surface area contributed by atoms with Crippen molar-refractivity contribution in [2.75, 3.05) is 18.9 Å². The smallest absolute Gasteiger partial charge is 0.459 e. The third-order valence-corrected chi connectivity index (χ3v) is 8.32. The summed E-state index contributed by atoms with van der Waals surface area (Å²) in [6.07, 6.45) is -0.127. The molecule has 14 heteroatoms. The minimum Gasteiger partial charge on any atom is -0.462 e. The van der Waals surface area contributed by atoms with Gasteiger partial charge in [0.2, 0.25) is 5.85 Å². The van der Waals surface area contributed by atoms with Crippen LogP contribution in [-0.4, -0.2) is 57.9 Å². The number of rotatable bonds is 11. The lowest BCUT2D eigenvalue weighted by atomic mass is 9.81. The number of para-hydroxylation sites is 1. The fraction of sp³-hybridized carbons (Fsp3) is 0.542. The molecule has 0 amide bonds. The molecule has 0 bridgehead atoms. The maximum Gasteiger partial charge on any atom is 0.459 e. The van der Waals surface area contributed by atoms with Gasteiger partial charge < -0.3 is 24.8 Å². The number of aliphatic hydroxyl groups excluding tert-OH is 1. The topological polar surface area (TPSA) is 164 Å². The van der Waals surface area contributed by atoms with Crippen molar-refractivity contribution in [1.29, 1.82) is 0 Å². The zero-order chi connectivity index (χ0) is 27.9. The van der Waals surface area contributed by atoms with Crippen molar-refractivity contribution in [3.05, 3.63) is 53.1 Å². The number of nitrogens with one attached hydrogen (secondary N) is 1. The molecule has 1 aromatic carbocycles. The molecular formula is C24H32FN4O8P. The molecule has 1 aliphatic heterocycles. The summed E-state index contributed by atoms with van der Waals surface area (Å²) >= 11 is 0. The first-order valence-electron chi connectivity index (χ1n) is 12.1. The second kappa shape index (κ2) is 10.4. The molecule has 2 aromatic rings. The second-order valence-electron chi connectivity index (χ2n) is 9.97. The molecule has 208 valence electrons. The quantitative estimate of drug-likeness (QED) is 0.275. The predicted molar refractivity (Wildman–Crippen MR) is 134 cm³/mol. The van der Waals surface area contributed by atoms with E-state index in [1.807, 2.05) is 0 Å². The Kier molecular flexibility index (Phi) is 7.70. The summed E-state index contributed by atoms with van der Waals surface area (Å²) in [4.78, 5) is 28.4. The van der Waals surface area contributed by atoms with Crippen LogP contribution in [0.5, 0.6) is 5.75 Å². The highest BCUT2D eigenvalue weighted by atomic mass is 31.2. The second-order valence-corrected chi connectivity index (χ2v) is 11.7. The number of anilines is 1. The monoisotopic (exact) mass is 554 g/mol. The highest BCUT2D eigenvalue weighted by Gasteiger charge is 2.82. The summed E-state index contributed by atoms with van der Waals surface area (Å²) in [6, 6.07) is 7.37. The summed E-state index contributed by atoms with van der Waals surface area (Å²) in [5.74, 6) is -3.74. The molecule has 4 rings (SSSR count). The van der Waals surface area contributed by atoms with Crippen molar-refractivity contribution < 1.29 is 37.4 Å². The van der Waals surface area contributed by atoms with Gasteiger partial charge in [-0.1, -0.05) is 25.1 Å². The van der Waals surface area contributed by atoms with Crippen molar-refractivity contribution in [1.82, 2.24) is 14.6 Å². The van der Waals surface area contributed by atoms with Gasteiger partial charge in [-0.25, -0.2) is 13.8 Å². The van der Waals surface area contributed by atoms with Gasteiger partial charge in [0, 0.05) is 11.6 Å². The number of carbonyl (C=O) groups excluding carboxylic acids is 1. The highest BCUT2D eigenvalue weighted by molar-refractivity contribution is 7.52. The summed E-state index contributed by atoms with van der Waals surface area (Å²) in [6.45, 7) is 5.42. The number of fused-ring (bicyclic) bond motifs is 1. The van der Waals surface area contributed by atoms with Crippen molar-refractivity contribution in [3.63, 3.8) is 0 Å². The van der Waals surface area contributed by atoms with Gasteiger partial charge in [0.25, 0.3) is 0 Å². The lowest BCUT2D eigenvalue weighted by molar-refractivity contribution is -0.149. The molecule has 4 N–H and O–H groups in total. The number of alkyl halides is 1. The van der Waals surface area contributed by atoms with E-state index in [2.05, 4.69) is 10.1 Å². The Balaban J connectivity index is 1.59. The number of benzene rings is 1. The number of halogens is 1. The number of carbonyl (C=O) groups is 1. The number of aromatic nitrogens is 2. The van der Waals surface area contributed by atoms with Gasteiger partial charge in [-0.15, -0.1) is 0 Å². The van der Waals surface area contributed by atoms with Crippen LogP contribution in [0.2, 0.25) is 0 Å². The van der Waals surface area contributed by atoms with Crippen molar-refractivity contribution in [2.24, 2.45) is 11.3 Å². The van der Waals surface area contributed by atoms with Crippen LogP contribution in [0.1, 0.15) is 33.7 Å². The van der Waals surface area contributed by atoms with E-state index in [9.17, 15) is 19.3 Å². The molecule has 38 heavy (non-hydrogen) atoms. The van der Waals surface area contributed by atoms with E-state index < -0.39 is 74.1 Å². The normalized spacial score (nSPS) is 30.3. The SMILES string of the molecule is CC(C)OC(=O)[C@H](C)NP(=O)(OCC1(C)C2[C@@H](n3ccc(N)nc3=O)C2(F)O[C@@H]1CO)Oc1ccccc1. The maximum atomic E-state index is 15.9. The summed E-state index contributed by atoms with van der Waals surface area (Å²) in [5, 5.41) is 12.5. The Morgan fingerprint density at radius 1 is 1.32 bits per heavy atom. The molecule has 2 aliphatic rings. The van der Waals surface area contributed by atoms with E-state index in [-0.39, 0.29) is 11.6 Å². The van der Waals surface area contributed by atoms with E-state index in [0.717, 1.165) is 4.57 Å². The van der Waals surface area contributed by atoms with Crippen LogP contribution < -0.4 is 21.0 Å². The van der Waals surface area contributed by atoms with E-state index in [4.69, 9.17) is 24.3 Å². The third-order valence-electron chi connectivity index (χ3n) is 6.69. The summed E-state index contributed by atoms with van der Waals surface area (Å²) in [5.41, 5.74) is 3.54. The number of ether oxygens (including phenoxy) is 2. The van der Waals surface area contributed by atoms with Gasteiger partial charge in [0.05, 0.1) is 31.3 Å². The molecule has 1 saturated carbocycles. The van der Waals surface area contributed by atoms with Crippen LogP contribution >= 0.6 is 7.75 Å². The van der Waals surface area contributed by atoms with Crippen LogP contribution in [-0.2, 0) is 23.4 Å². The Morgan fingerprint density at radius 2 is 2.00 bits per heavy atom. The molecule has 4 unspecified atom stereocenters. The fourth-order valence-electron chi connectivity index (χ4n) is 4.80. The van der Waals surface area contributed by atoms with E-state index in [1.54, 1.807) is 51.1 Å². The average molecular weight is 555 g/mol. The molecule has 2 fully saturated rings. The first-order chi connectivity index (χ1) is 17.8. The molecule has 0 spiro atoms. The van der Waals surface area contributed by atoms with E-state index >= 15 is 4.39 Å². The first-order valence-corrected chi connectivity index (χ1v) is 13.7. The number of esters is 1. The Labute approximate surface area is 218 Å². The standard InChI is InChI=1S/C24H32FN4O8P/c1-14(2)35-21(31)15(3)28-38(33,37-16-8-6-5-7-9-16)34-13-23(4)17(12-30)36-24(25)19(23)20(24)29-11-10-18(26)27-22(29)32/h5-11,14-15,17,19-20,30H,12-13H2,1-4H3,(H,28,33)(H2,26,27,32)/t15-,17+,19?,20+,23?,24?,38?/m0/s1. The van der Waals surface area contributed by atoms with Gasteiger partial charge in [-0.05, 0) is 39.0 Å². The van der Waals surface area contributed by atoms with Crippen molar-refractivity contribution in [3.8, 4) is 5.75 Å². The van der Waals surface area contributed by atoms with Crippen molar-refractivity contribution in [2.45, 2.75) is 57.8 Å². The maximum absolute atomic E-state index is 15.9. The molecule has 1 aromatic heterocycles. The third kappa shape index (κ3) is 5.34. The zero-order valence-corrected chi connectivity index (χ0v) is 22.3. The largest absolute Gasteiger partial charge is 0.462 e. The predicted octanol–water partition coefficient (Wildman–Crippen LogP) is 2.19. The van der Waals surface area contributed by atoms with E-state index in [1.165, 1.54) is 19.2 Å². The molecule has 7 atom stereocenters. The number of nitrogens with two attached hydrogens (primary N) is 1. The number of nitrogens with zero attached hydrogens (tertiary/aromatic N) is 2. The minimum absolute atomic E-state index is 0.0135. The van der Waals surface area contributed by atoms with Crippen LogP contribution in [0, 0.1) is 11.3 Å². The minimum atomic E-state index is -4.27. The van der Waals surface area contributed by atoms with Crippen LogP contribution in [0.3, 0.4) is 0 Å². The number of nitrogen functional groups attached to an aromatic ring is 1. The molecule has 1 aliphatic carbocycles. The lowest BCUT2D eigenvalue weighted by Crippen LogP contribution is -2.42. The van der Waals surface area contributed by atoms with Gasteiger partial charge >= 0.3 is 19.4 Å². The highest BCUT2D eigenvalue weighted by Crippen LogP contribution is 2.72. The molecule has 0 radical (unpaired) electrons. The van der Waals surface area contributed by atoms with Crippen molar-refractivity contribution >= 4 is 19.5 Å².